The van der Waals surface area contributed by atoms with Gasteiger partial charge in [-0.15, -0.1) is 0 Å². The number of hydrogen-bond donors (Lipinski definition) is 1. The maximum absolute atomic E-state index is 12.8. The van der Waals surface area contributed by atoms with Crippen molar-refractivity contribution in [3.05, 3.63) is 83.3 Å². The number of carbonyl (C=O) groups is 1. The van der Waals surface area contributed by atoms with Gasteiger partial charge in [0, 0.05) is 29.9 Å². The third-order valence-electron chi connectivity index (χ3n) is 3.93. The first-order valence-electron chi connectivity index (χ1n) is 8.35. The Hall–Kier alpha value is -2.92. The highest BCUT2D eigenvalue weighted by atomic mass is 35.5. The van der Waals surface area contributed by atoms with E-state index in [1.54, 1.807) is 11.0 Å². The lowest BCUT2D eigenvalue weighted by molar-refractivity contribution is 0.0983. The van der Waals surface area contributed by atoms with Crippen molar-refractivity contribution in [1.29, 1.82) is 0 Å². The molecule has 1 N–H and O–H groups in total. The van der Waals surface area contributed by atoms with Crippen LogP contribution in [0, 0.1) is 0 Å². The van der Waals surface area contributed by atoms with Crippen molar-refractivity contribution in [2.75, 3.05) is 16.8 Å². The van der Waals surface area contributed by atoms with Gasteiger partial charge in [0.05, 0.1) is 0 Å². The summed E-state index contributed by atoms with van der Waals surface area (Å²) >= 11 is 6.17. The van der Waals surface area contributed by atoms with E-state index in [0.29, 0.717) is 29.6 Å². The van der Waals surface area contributed by atoms with E-state index in [1.165, 1.54) is 6.33 Å². The number of halogens is 1. The average Bonchev–Trinajstić information content (AvgIpc) is 2.69. The molecule has 0 aliphatic rings. The maximum atomic E-state index is 12.8. The van der Waals surface area contributed by atoms with Crippen LogP contribution in [0.3, 0.4) is 0 Å². The van der Waals surface area contributed by atoms with Crippen molar-refractivity contribution in [2.45, 2.75) is 13.5 Å². The lowest BCUT2D eigenvalue weighted by Crippen LogP contribution is -2.31. The van der Waals surface area contributed by atoms with Crippen LogP contribution >= 0.6 is 11.6 Å². The zero-order valence-electron chi connectivity index (χ0n) is 14.4. The molecule has 1 aromatic heterocycles. The van der Waals surface area contributed by atoms with Gasteiger partial charge >= 0.3 is 0 Å². The first kappa shape index (κ1) is 17.9. The van der Waals surface area contributed by atoms with Gasteiger partial charge in [-0.3, -0.25) is 4.79 Å². The van der Waals surface area contributed by atoms with Gasteiger partial charge in [0.1, 0.15) is 17.8 Å². The normalized spacial score (nSPS) is 10.4. The number of aromatic nitrogens is 2. The molecule has 0 saturated heterocycles. The number of nitrogens with zero attached hydrogens (tertiary/aromatic N) is 3. The molecule has 132 valence electrons. The molecule has 0 aliphatic carbocycles. The Kier molecular flexibility index (Phi) is 5.81. The molecule has 0 atom stereocenters. The summed E-state index contributed by atoms with van der Waals surface area (Å²) in [5, 5.41) is 3.87. The standard InChI is InChI=1S/C20H19ClN4O/c1-2-25(16-9-4-3-5-10-16)20(26)18-12-19(24-14-23-18)22-13-15-8-6-7-11-17(15)21/h3-12,14H,2,13H2,1H3,(H,22,23,24). The van der Waals surface area contributed by atoms with Gasteiger partial charge in [0.2, 0.25) is 0 Å². The second-order valence-electron chi connectivity index (χ2n) is 5.62. The summed E-state index contributed by atoms with van der Waals surface area (Å²) in [5.74, 6) is 0.411. The Balaban J connectivity index is 1.76. The second kappa shape index (κ2) is 8.45. The van der Waals surface area contributed by atoms with Crippen LogP contribution in [-0.4, -0.2) is 22.4 Å². The van der Waals surface area contributed by atoms with Crippen LogP contribution in [0.2, 0.25) is 5.02 Å². The summed E-state index contributed by atoms with van der Waals surface area (Å²) in [6, 6.07) is 18.8. The van der Waals surface area contributed by atoms with Crippen LogP contribution in [0.15, 0.2) is 67.0 Å². The number of para-hydroxylation sites is 1. The Morgan fingerprint density at radius 2 is 1.81 bits per heavy atom. The predicted octanol–water partition coefficient (Wildman–Crippen LogP) is 4.41. The molecule has 3 rings (SSSR count). The lowest BCUT2D eigenvalue weighted by Gasteiger charge is -2.20. The zero-order chi connectivity index (χ0) is 18.4. The van der Waals surface area contributed by atoms with Crippen LogP contribution in [0.5, 0.6) is 0 Å². The molecule has 26 heavy (non-hydrogen) atoms. The third-order valence-corrected chi connectivity index (χ3v) is 4.30. The first-order valence-corrected chi connectivity index (χ1v) is 8.73. The van der Waals surface area contributed by atoms with Crippen LogP contribution in [0.25, 0.3) is 0 Å². The Morgan fingerprint density at radius 3 is 2.54 bits per heavy atom. The van der Waals surface area contributed by atoms with E-state index in [-0.39, 0.29) is 5.91 Å². The molecule has 0 radical (unpaired) electrons. The molecule has 0 spiro atoms. The van der Waals surface area contributed by atoms with Crippen LogP contribution < -0.4 is 10.2 Å². The quantitative estimate of drug-likeness (QED) is 0.702. The van der Waals surface area contributed by atoms with E-state index in [2.05, 4.69) is 15.3 Å². The number of nitrogens with one attached hydrogen (secondary N) is 1. The smallest absolute Gasteiger partial charge is 0.277 e. The highest BCUT2D eigenvalue weighted by Crippen LogP contribution is 2.18. The summed E-state index contributed by atoms with van der Waals surface area (Å²) in [7, 11) is 0. The van der Waals surface area contributed by atoms with E-state index >= 15 is 0 Å². The zero-order valence-corrected chi connectivity index (χ0v) is 15.1. The molecule has 2 aromatic carbocycles. The number of anilines is 2. The van der Waals surface area contributed by atoms with E-state index in [1.807, 2.05) is 61.5 Å². The Morgan fingerprint density at radius 1 is 1.08 bits per heavy atom. The molecule has 0 unspecified atom stereocenters. The van der Waals surface area contributed by atoms with Gasteiger partial charge in [-0.1, -0.05) is 48.0 Å². The third kappa shape index (κ3) is 4.18. The van der Waals surface area contributed by atoms with Crippen LogP contribution in [0.4, 0.5) is 11.5 Å². The largest absolute Gasteiger partial charge is 0.366 e. The van der Waals surface area contributed by atoms with Crippen molar-refractivity contribution in [3.63, 3.8) is 0 Å². The number of carbonyl (C=O) groups excluding carboxylic acids is 1. The number of benzene rings is 2. The molecule has 3 aromatic rings. The van der Waals surface area contributed by atoms with Crippen molar-refractivity contribution in [2.24, 2.45) is 0 Å². The molecule has 1 heterocycles. The maximum Gasteiger partial charge on any atom is 0.277 e. The molecule has 5 nitrogen and oxygen atoms in total. The van der Waals surface area contributed by atoms with Gasteiger partial charge in [0.15, 0.2) is 0 Å². The fourth-order valence-corrected chi connectivity index (χ4v) is 2.79. The van der Waals surface area contributed by atoms with Gasteiger partial charge in [-0.05, 0) is 30.7 Å². The number of rotatable bonds is 6. The second-order valence-corrected chi connectivity index (χ2v) is 6.03. The molecule has 6 heteroatoms. The molecular formula is C20H19ClN4O. The van der Waals surface area contributed by atoms with Crippen molar-refractivity contribution in [1.82, 2.24) is 9.97 Å². The average molecular weight is 367 g/mol. The van der Waals surface area contributed by atoms with Crippen molar-refractivity contribution >= 4 is 29.0 Å². The topological polar surface area (TPSA) is 58.1 Å². The van der Waals surface area contributed by atoms with Crippen LogP contribution in [0.1, 0.15) is 23.0 Å². The highest BCUT2D eigenvalue weighted by molar-refractivity contribution is 6.31. The van der Waals surface area contributed by atoms with Crippen molar-refractivity contribution < 1.29 is 4.79 Å². The fourth-order valence-electron chi connectivity index (χ4n) is 2.59. The summed E-state index contributed by atoms with van der Waals surface area (Å²) < 4.78 is 0. The number of amides is 1. The van der Waals surface area contributed by atoms with E-state index in [0.717, 1.165) is 11.3 Å². The summed E-state index contributed by atoms with van der Waals surface area (Å²) in [6.45, 7) is 3.00. The summed E-state index contributed by atoms with van der Waals surface area (Å²) in [5.41, 5.74) is 2.14. The van der Waals surface area contributed by atoms with Gasteiger partial charge in [-0.25, -0.2) is 9.97 Å². The van der Waals surface area contributed by atoms with Gasteiger partial charge < -0.3 is 10.2 Å². The van der Waals surface area contributed by atoms with Crippen LogP contribution in [-0.2, 0) is 6.54 Å². The van der Waals surface area contributed by atoms with Crippen molar-refractivity contribution in [3.8, 4) is 0 Å². The minimum atomic E-state index is -0.165. The lowest BCUT2D eigenvalue weighted by atomic mass is 10.2. The minimum Gasteiger partial charge on any atom is -0.366 e. The van der Waals surface area contributed by atoms with E-state index in [9.17, 15) is 4.79 Å². The molecule has 0 saturated carbocycles. The monoisotopic (exact) mass is 366 g/mol. The molecule has 0 bridgehead atoms. The Labute approximate surface area is 157 Å². The number of hydrogen-bond acceptors (Lipinski definition) is 4. The van der Waals surface area contributed by atoms with E-state index < -0.39 is 0 Å². The summed E-state index contributed by atoms with van der Waals surface area (Å²) in [4.78, 5) is 22.9. The van der Waals surface area contributed by atoms with Gasteiger partial charge in [-0.2, -0.15) is 0 Å². The fraction of sp³-hybridized carbons (Fsp3) is 0.150. The molecule has 1 amide bonds. The van der Waals surface area contributed by atoms with E-state index in [4.69, 9.17) is 11.6 Å². The summed E-state index contributed by atoms with van der Waals surface area (Å²) in [6.07, 6.45) is 1.39. The first-order chi connectivity index (χ1) is 12.7. The molecule has 0 fully saturated rings. The van der Waals surface area contributed by atoms with Gasteiger partial charge in [0.25, 0.3) is 5.91 Å². The predicted molar refractivity (Wildman–Crippen MR) is 105 cm³/mol. The SMILES string of the molecule is CCN(C(=O)c1cc(NCc2ccccc2Cl)ncn1)c1ccccc1. The molecule has 0 aliphatic heterocycles. The minimum absolute atomic E-state index is 0.165. The Bertz CT molecular complexity index is 886. The highest BCUT2D eigenvalue weighted by Gasteiger charge is 2.17. The molecular weight excluding hydrogens is 348 g/mol.